The summed E-state index contributed by atoms with van der Waals surface area (Å²) in [5, 5.41) is 9.40. The van der Waals surface area contributed by atoms with Crippen molar-refractivity contribution in [1.29, 1.82) is 0 Å². The average molecular weight is 305 g/mol. The third kappa shape index (κ3) is 4.56. The molecule has 1 atom stereocenters. The fraction of sp³-hybridized carbons (Fsp3) is 0.529. The average Bonchev–Trinajstić information content (AvgIpc) is 3.03. The van der Waals surface area contributed by atoms with Gasteiger partial charge in [-0.15, -0.1) is 0 Å². The number of amides is 1. The van der Waals surface area contributed by atoms with Gasteiger partial charge in [0.2, 0.25) is 5.91 Å². The van der Waals surface area contributed by atoms with Crippen molar-refractivity contribution in [2.75, 3.05) is 13.7 Å². The molecule has 0 bridgehead atoms. The summed E-state index contributed by atoms with van der Waals surface area (Å²) in [6, 6.07) is 8.45. The van der Waals surface area contributed by atoms with E-state index < -0.39 is 12.0 Å². The van der Waals surface area contributed by atoms with Crippen molar-refractivity contribution in [3.8, 4) is 0 Å². The fourth-order valence-corrected chi connectivity index (χ4v) is 2.75. The number of carboxylic acid groups (broad SMARTS) is 1. The molecule has 2 rings (SSSR count). The van der Waals surface area contributed by atoms with Gasteiger partial charge in [-0.1, -0.05) is 43.2 Å². The lowest BCUT2D eigenvalue weighted by molar-refractivity contribution is -0.151. The molecule has 22 heavy (non-hydrogen) atoms. The van der Waals surface area contributed by atoms with E-state index in [1.54, 1.807) is 0 Å². The van der Waals surface area contributed by atoms with Gasteiger partial charge in [0.15, 0.2) is 0 Å². The summed E-state index contributed by atoms with van der Waals surface area (Å²) in [6.07, 6.45) is 4.70. The van der Waals surface area contributed by atoms with Gasteiger partial charge in [0, 0.05) is 13.5 Å². The van der Waals surface area contributed by atoms with Gasteiger partial charge in [0.25, 0.3) is 0 Å². The highest BCUT2D eigenvalue weighted by atomic mass is 16.5. The first kappa shape index (κ1) is 16.5. The first-order chi connectivity index (χ1) is 10.6. The maximum absolute atomic E-state index is 12.2. The van der Waals surface area contributed by atoms with Crippen LogP contribution in [0.4, 0.5) is 0 Å². The molecular formula is C17H23NO4. The van der Waals surface area contributed by atoms with Crippen LogP contribution in [0.1, 0.15) is 31.2 Å². The molecule has 1 saturated carbocycles. The number of rotatable bonds is 7. The van der Waals surface area contributed by atoms with Gasteiger partial charge < -0.3 is 14.7 Å². The second kappa shape index (κ2) is 7.94. The lowest BCUT2D eigenvalue weighted by Crippen LogP contribution is -2.45. The zero-order chi connectivity index (χ0) is 15.9. The Morgan fingerprint density at radius 2 is 1.91 bits per heavy atom. The molecule has 0 radical (unpaired) electrons. The van der Waals surface area contributed by atoms with E-state index in [1.807, 2.05) is 30.3 Å². The van der Waals surface area contributed by atoms with Gasteiger partial charge in [-0.2, -0.15) is 0 Å². The number of hydrogen-bond donors (Lipinski definition) is 1. The SMILES string of the molecule is CN(C(=O)COC1CCCC1)C(Cc1ccccc1)C(=O)O. The van der Waals surface area contributed by atoms with E-state index in [0.29, 0.717) is 6.42 Å². The van der Waals surface area contributed by atoms with E-state index in [-0.39, 0.29) is 18.6 Å². The summed E-state index contributed by atoms with van der Waals surface area (Å²) >= 11 is 0. The second-order valence-electron chi connectivity index (χ2n) is 5.77. The number of benzene rings is 1. The smallest absolute Gasteiger partial charge is 0.326 e. The highest BCUT2D eigenvalue weighted by Crippen LogP contribution is 2.21. The number of aliphatic carboxylic acids is 1. The van der Waals surface area contributed by atoms with Crippen LogP contribution in [0, 0.1) is 0 Å². The minimum absolute atomic E-state index is 0.0419. The van der Waals surface area contributed by atoms with Gasteiger partial charge >= 0.3 is 5.97 Å². The van der Waals surface area contributed by atoms with Crippen LogP contribution in [-0.2, 0) is 20.7 Å². The molecule has 0 aromatic heterocycles. The summed E-state index contributed by atoms with van der Waals surface area (Å²) in [5.41, 5.74) is 0.895. The molecule has 0 aliphatic heterocycles. The Hall–Kier alpha value is -1.88. The summed E-state index contributed by atoms with van der Waals surface area (Å²) in [7, 11) is 1.53. The van der Waals surface area contributed by atoms with Crippen LogP contribution in [0.5, 0.6) is 0 Å². The number of ether oxygens (including phenoxy) is 1. The largest absolute Gasteiger partial charge is 0.480 e. The van der Waals surface area contributed by atoms with E-state index in [4.69, 9.17) is 4.74 Å². The maximum Gasteiger partial charge on any atom is 0.326 e. The van der Waals surface area contributed by atoms with E-state index in [2.05, 4.69) is 0 Å². The van der Waals surface area contributed by atoms with E-state index in [1.165, 1.54) is 11.9 Å². The van der Waals surface area contributed by atoms with Gasteiger partial charge in [-0.05, 0) is 18.4 Å². The monoisotopic (exact) mass is 305 g/mol. The van der Waals surface area contributed by atoms with Gasteiger partial charge in [0.1, 0.15) is 12.6 Å². The number of nitrogens with zero attached hydrogens (tertiary/aromatic N) is 1. The third-order valence-electron chi connectivity index (χ3n) is 4.16. The second-order valence-corrected chi connectivity index (χ2v) is 5.77. The van der Waals surface area contributed by atoms with Crippen molar-refractivity contribution in [3.05, 3.63) is 35.9 Å². The van der Waals surface area contributed by atoms with Crippen LogP contribution in [-0.4, -0.2) is 47.7 Å². The van der Waals surface area contributed by atoms with Crippen molar-refractivity contribution >= 4 is 11.9 Å². The number of carbonyl (C=O) groups is 2. The molecule has 1 aliphatic carbocycles. The molecule has 1 unspecified atom stereocenters. The molecule has 0 spiro atoms. The lowest BCUT2D eigenvalue weighted by Gasteiger charge is -2.25. The minimum atomic E-state index is -0.999. The molecule has 0 heterocycles. The fourth-order valence-electron chi connectivity index (χ4n) is 2.75. The normalized spacial score (nSPS) is 16.4. The van der Waals surface area contributed by atoms with E-state index in [0.717, 1.165) is 31.2 Å². The van der Waals surface area contributed by atoms with Gasteiger partial charge in [0.05, 0.1) is 6.10 Å². The van der Waals surface area contributed by atoms with Crippen LogP contribution in [0.15, 0.2) is 30.3 Å². The zero-order valence-corrected chi connectivity index (χ0v) is 12.9. The summed E-state index contributed by atoms with van der Waals surface area (Å²) < 4.78 is 5.58. The molecule has 1 aromatic carbocycles. The Morgan fingerprint density at radius 1 is 1.27 bits per heavy atom. The van der Waals surface area contributed by atoms with E-state index >= 15 is 0 Å². The highest BCUT2D eigenvalue weighted by molar-refractivity contribution is 5.84. The van der Waals surface area contributed by atoms with Gasteiger partial charge in [-0.3, -0.25) is 4.79 Å². The predicted octanol–water partition coefficient (Wildman–Crippen LogP) is 2.10. The topological polar surface area (TPSA) is 66.8 Å². The van der Waals surface area contributed by atoms with Crippen LogP contribution >= 0.6 is 0 Å². The van der Waals surface area contributed by atoms with Crippen LogP contribution < -0.4 is 0 Å². The molecule has 1 amide bonds. The standard InChI is InChI=1S/C17H23NO4/c1-18(16(19)12-22-14-9-5-6-10-14)15(17(20)21)11-13-7-3-2-4-8-13/h2-4,7-8,14-15H,5-6,9-12H2,1H3,(H,20,21). The van der Waals surface area contributed by atoms with Crippen molar-refractivity contribution in [2.24, 2.45) is 0 Å². The molecule has 120 valence electrons. The molecule has 1 N–H and O–H groups in total. The summed E-state index contributed by atoms with van der Waals surface area (Å²) in [5.74, 6) is -1.28. The summed E-state index contributed by atoms with van der Waals surface area (Å²) in [6.45, 7) is -0.0419. The summed E-state index contributed by atoms with van der Waals surface area (Å²) in [4.78, 5) is 24.9. The number of likely N-dealkylation sites (N-methyl/N-ethyl adjacent to an activating group) is 1. The Kier molecular flexibility index (Phi) is 5.95. The van der Waals surface area contributed by atoms with E-state index in [9.17, 15) is 14.7 Å². The molecule has 0 saturated heterocycles. The lowest BCUT2D eigenvalue weighted by atomic mass is 10.1. The molecule has 1 fully saturated rings. The molecular weight excluding hydrogens is 282 g/mol. The Labute approximate surface area is 130 Å². The van der Waals surface area contributed by atoms with Crippen molar-refractivity contribution in [3.63, 3.8) is 0 Å². The van der Waals surface area contributed by atoms with Crippen molar-refractivity contribution in [2.45, 2.75) is 44.2 Å². The predicted molar refractivity (Wildman–Crippen MR) is 82.5 cm³/mol. The number of carbonyl (C=O) groups excluding carboxylic acids is 1. The molecule has 1 aliphatic rings. The van der Waals surface area contributed by atoms with Crippen LogP contribution in [0.25, 0.3) is 0 Å². The quantitative estimate of drug-likeness (QED) is 0.837. The highest BCUT2D eigenvalue weighted by Gasteiger charge is 2.27. The van der Waals surface area contributed by atoms with Crippen molar-refractivity contribution < 1.29 is 19.4 Å². The number of hydrogen-bond acceptors (Lipinski definition) is 3. The Morgan fingerprint density at radius 3 is 2.50 bits per heavy atom. The van der Waals surface area contributed by atoms with Crippen LogP contribution in [0.3, 0.4) is 0 Å². The molecule has 5 nitrogen and oxygen atoms in total. The first-order valence-corrected chi connectivity index (χ1v) is 7.72. The minimum Gasteiger partial charge on any atom is -0.480 e. The molecule has 1 aromatic rings. The zero-order valence-electron chi connectivity index (χ0n) is 12.9. The maximum atomic E-state index is 12.2. The Balaban J connectivity index is 1.91. The number of carboxylic acids is 1. The Bertz CT molecular complexity index is 497. The molecule has 5 heteroatoms. The first-order valence-electron chi connectivity index (χ1n) is 7.72. The third-order valence-corrected chi connectivity index (χ3v) is 4.16. The van der Waals surface area contributed by atoms with Crippen LogP contribution in [0.2, 0.25) is 0 Å². The van der Waals surface area contributed by atoms with Crippen molar-refractivity contribution in [1.82, 2.24) is 4.90 Å². The van der Waals surface area contributed by atoms with Gasteiger partial charge in [-0.25, -0.2) is 4.79 Å².